The number of nitrogens with zero attached hydrogens (tertiary/aromatic N) is 2. The first kappa shape index (κ1) is 16.1. The summed E-state index contributed by atoms with van der Waals surface area (Å²) in [5, 5.41) is 5.51. The van der Waals surface area contributed by atoms with E-state index < -0.39 is 0 Å². The van der Waals surface area contributed by atoms with Gasteiger partial charge in [-0.3, -0.25) is 0 Å². The molecule has 3 aromatic carbocycles. The van der Waals surface area contributed by atoms with Gasteiger partial charge in [-0.05, 0) is 54.6 Å². The van der Waals surface area contributed by atoms with E-state index in [9.17, 15) is 0 Å². The Balaban J connectivity index is 1.52. The van der Waals surface area contributed by atoms with Gasteiger partial charge in [-0.25, -0.2) is 9.97 Å². The van der Waals surface area contributed by atoms with Crippen molar-refractivity contribution in [3.63, 3.8) is 0 Å². The molecule has 0 aliphatic carbocycles. The molecule has 0 aliphatic heterocycles. The molecule has 0 fully saturated rings. The zero-order valence-corrected chi connectivity index (χ0v) is 15.0. The highest BCUT2D eigenvalue weighted by Crippen LogP contribution is 2.26. The van der Waals surface area contributed by atoms with Crippen LogP contribution >= 0.6 is 0 Å². The first-order chi connectivity index (χ1) is 13.8. The van der Waals surface area contributed by atoms with Crippen LogP contribution in [0.4, 0.5) is 11.5 Å². The molecule has 4 heteroatoms. The summed E-state index contributed by atoms with van der Waals surface area (Å²) in [6.45, 7) is 0. The minimum absolute atomic E-state index is 0.767. The molecule has 0 bridgehead atoms. The summed E-state index contributed by atoms with van der Waals surface area (Å²) in [7, 11) is 0. The van der Waals surface area contributed by atoms with Crippen molar-refractivity contribution in [1.29, 1.82) is 0 Å². The number of fused-ring (bicyclic) bond motifs is 2. The van der Waals surface area contributed by atoms with E-state index in [1.807, 2.05) is 60.8 Å². The molecule has 132 valence electrons. The number of hydrogen-bond acceptors (Lipinski definition) is 3. The Morgan fingerprint density at radius 1 is 0.786 bits per heavy atom. The fourth-order valence-corrected chi connectivity index (χ4v) is 3.17. The first-order valence-electron chi connectivity index (χ1n) is 9.01. The molecule has 0 spiro atoms. The number of rotatable bonds is 2. The van der Waals surface area contributed by atoms with Gasteiger partial charge >= 0.3 is 0 Å². The summed E-state index contributed by atoms with van der Waals surface area (Å²) in [5.74, 6) is 7.19. The molecule has 5 aromatic rings. The summed E-state index contributed by atoms with van der Waals surface area (Å²) in [6, 6.07) is 24.2. The lowest BCUT2D eigenvalue weighted by molar-refractivity contribution is 1.22. The van der Waals surface area contributed by atoms with Crippen molar-refractivity contribution in [2.75, 3.05) is 5.32 Å². The Bertz CT molecular complexity index is 1340. The molecule has 0 amide bonds. The predicted octanol–water partition coefficient (Wildman–Crippen LogP) is 5.25. The van der Waals surface area contributed by atoms with Gasteiger partial charge in [-0.1, -0.05) is 30.0 Å². The van der Waals surface area contributed by atoms with Crippen LogP contribution in [0.15, 0.2) is 85.3 Å². The monoisotopic (exact) mass is 360 g/mol. The Kier molecular flexibility index (Phi) is 3.97. The molecule has 2 N–H and O–H groups in total. The largest absolute Gasteiger partial charge is 0.361 e. The van der Waals surface area contributed by atoms with E-state index in [2.05, 4.69) is 50.3 Å². The Morgan fingerprint density at radius 2 is 1.68 bits per heavy atom. The lowest BCUT2D eigenvalue weighted by atomic mass is 10.1. The second-order valence-electron chi connectivity index (χ2n) is 6.47. The zero-order chi connectivity index (χ0) is 18.8. The molecule has 0 radical (unpaired) electrons. The first-order valence-corrected chi connectivity index (χ1v) is 9.01. The zero-order valence-electron chi connectivity index (χ0n) is 15.0. The molecule has 0 unspecified atom stereocenters. The quantitative estimate of drug-likeness (QED) is 0.423. The lowest BCUT2D eigenvalue weighted by Gasteiger charge is -2.09. The number of nitrogens with one attached hydrogen (secondary N) is 2. The molecular formula is C24H16N4. The van der Waals surface area contributed by atoms with Crippen LogP contribution in [-0.4, -0.2) is 15.0 Å². The van der Waals surface area contributed by atoms with E-state index in [1.165, 1.54) is 0 Å². The van der Waals surface area contributed by atoms with Crippen LogP contribution < -0.4 is 5.32 Å². The third-order valence-electron chi connectivity index (χ3n) is 4.58. The van der Waals surface area contributed by atoms with Gasteiger partial charge in [-0.2, -0.15) is 0 Å². The van der Waals surface area contributed by atoms with E-state index in [4.69, 9.17) is 0 Å². The van der Waals surface area contributed by atoms with Gasteiger partial charge in [0, 0.05) is 39.3 Å². The van der Waals surface area contributed by atoms with Gasteiger partial charge in [0.2, 0.25) is 0 Å². The van der Waals surface area contributed by atoms with E-state index in [0.717, 1.165) is 44.4 Å². The van der Waals surface area contributed by atoms with Crippen molar-refractivity contribution in [2.24, 2.45) is 0 Å². The van der Waals surface area contributed by atoms with Crippen LogP contribution in [0.25, 0.3) is 21.8 Å². The van der Waals surface area contributed by atoms with Crippen molar-refractivity contribution in [2.45, 2.75) is 0 Å². The van der Waals surface area contributed by atoms with Crippen molar-refractivity contribution in [3.05, 3.63) is 96.4 Å². The van der Waals surface area contributed by atoms with Gasteiger partial charge in [0.25, 0.3) is 0 Å². The number of H-pyrrole nitrogens is 1. The standard InChI is InChI=1S/C24H16N4/c1-2-4-17(5-3-1)6-7-18-8-10-23-21(14-18)24(27-16-26-23)28-20-9-11-22-19(15-20)12-13-25-22/h1-5,8-16,25H,(H,26,27,28). The fraction of sp³-hybridized carbons (Fsp3) is 0. The second kappa shape index (κ2) is 6.90. The van der Waals surface area contributed by atoms with Gasteiger partial charge < -0.3 is 10.3 Å². The van der Waals surface area contributed by atoms with Gasteiger partial charge in [0.05, 0.1) is 5.52 Å². The summed E-state index contributed by atoms with van der Waals surface area (Å²) in [4.78, 5) is 12.0. The average Bonchev–Trinajstić information content (AvgIpc) is 3.21. The van der Waals surface area contributed by atoms with Crippen LogP contribution in [0.2, 0.25) is 0 Å². The topological polar surface area (TPSA) is 53.6 Å². The molecule has 0 saturated heterocycles. The summed E-state index contributed by atoms with van der Waals surface area (Å²) in [5.41, 5.74) is 4.88. The number of anilines is 2. The van der Waals surface area contributed by atoms with Crippen LogP contribution in [0.3, 0.4) is 0 Å². The van der Waals surface area contributed by atoms with E-state index in [0.29, 0.717) is 0 Å². The minimum Gasteiger partial charge on any atom is -0.361 e. The van der Waals surface area contributed by atoms with Gasteiger partial charge in [0.1, 0.15) is 12.1 Å². The predicted molar refractivity (Wildman–Crippen MR) is 114 cm³/mol. The van der Waals surface area contributed by atoms with E-state index in [1.54, 1.807) is 6.33 Å². The third kappa shape index (κ3) is 3.17. The van der Waals surface area contributed by atoms with Crippen LogP contribution in [-0.2, 0) is 0 Å². The van der Waals surface area contributed by atoms with Crippen LogP contribution in [0.5, 0.6) is 0 Å². The van der Waals surface area contributed by atoms with E-state index in [-0.39, 0.29) is 0 Å². The summed E-state index contributed by atoms with van der Waals surface area (Å²) < 4.78 is 0. The highest BCUT2D eigenvalue weighted by Gasteiger charge is 2.06. The molecular weight excluding hydrogens is 344 g/mol. The second-order valence-corrected chi connectivity index (χ2v) is 6.47. The number of benzene rings is 3. The molecule has 2 aromatic heterocycles. The molecule has 2 heterocycles. The smallest absolute Gasteiger partial charge is 0.141 e. The summed E-state index contributed by atoms with van der Waals surface area (Å²) in [6.07, 6.45) is 3.51. The molecule has 5 rings (SSSR count). The van der Waals surface area contributed by atoms with Crippen LogP contribution in [0.1, 0.15) is 11.1 Å². The fourth-order valence-electron chi connectivity index (χ4n) is 3.17. The number of hydrogen-bond donors (Lipinski definition) is 2. The highest BCUT2D eigenvalue weighted by atomic mass is 15.0. The molecule has 4 nitrogen and oxygen atoms in total. The Morgan fingerprint density at radius 3 is 2.61 bits per heavy atom. The number of aromatic nitrogens is 3. The SMILES string of the molecule is C(#Cc1ccc2ncnc(Nc3ccc4[nH]ccc4c3)c2c1)c1ccccc1. The van der Waals surface area contributed by atoms with Crippen molar-refractivity contribution < 1.29 is 0 Å². The maximum atomic E-state index is 4.45. The van der Waals surface area contributed by atoms with Crippen molar-refractivity contribution in [3.8, 4) is 11.8 Å². The Hall–Kier alpha value is -4.10. The van der Waals surface area contributed by atoms with Gasteiger partial charge in [0.15, 0.2) is 0 Å². The van der Waals surface area contributed by atoms with Gasteiger partial charge in [-0.15, -0.1) is 0 Å². The molecule has 28 heavy (non-hydrogen) atoms. The van der Waals surface area contributed by atoms with E-state index >= 15 is 0 Å². The maximum absolute atomic E-state index is 4.45. The lowest BCUT2D eigenvalue weighted by Crippen LogP contribution is -1.96. The number of aromatic amines is 1. The van der Waals surface area contributed by atoms with Crippen molar-refractivity contribution >= 4 is 33.3 Å². The molecule has 0 aliphatic rings. The normalized spacial score (nSPS) is 10.6. The maximum Gasteiger partial charge on any atom is 0.141 e. The third-order valence-corrected chi connectivity index (χ3v) is 4.58. The average molecular weight is 360 g/mol. The van der Waals surface area contributed by atoms with Crippen LogP contribution in [0, 0.1) is 11.8 Å². The summed E-state index contributed by atoms with van der Waals surface area (Å²) >= 11 is 0. The highest BCUT2D eigenvalue weighted by molar-refractivity contribution is 5.92. The Labute approximate surface area is 162 Å². The van der Waals surface area contributed by atoms with Crippen molar-refractivity contribution in [1.82, 2.24) is 15.0 Å². The minimum atomic E-state index is 0.767. The molecule has 0 saturated carbocycles. The molecule has 0 atom stereocenters.